The van der Waals surface area contributed by atoms with Crippen LogP contribution >= 0.6 is 0 Å². The topological polar surface area (TPSA) is 35.5 Å². The normalized spacial score (nSPS) is 13.8. The highest BCUT2D eigenvalue weighted by Crippen LogP contribution is 2.28. The van der Waals surface area contributed by atoms with Gasteiger partial charge in [0.1, 0.15) is 5.75 Å². The first-order valence-corrected chi connectivity index (χ1v) is 11.4. The molecule has 0 atom stereocenters. The van der Waals surface area contributed by atoms with Gasteiger partial charge in [-0.15, -0.1) is 0 Å². The molecule has 3 heteroatoms. The van der Waals surface area contributed by atoms with Crippen LogP contribution in [0.2, 0.25) is 0 Å². The lowest BCUT2D eigenvalue weighted by atomic mass is 10.1. The molecule has 1 aliphatic rings. The van der Waals surface area contributed by atoms with E-state index in [1.165, 1.54) is 76.7 Å². The van der Waals surface area contributed by atoms with Crippen molar-refractivity contribution >= 4 is 12.0 Å². The molecule has 0 unspecified atom stereocenters. The molecular formula is C25H38O3. The van der Waals surface area contributed by atoms with Crippen LogP contribution in [0.3, 0.4) is 0 Å². The fourth-order valence-electron chi connectivity index (χ4n) is 3.15. The molecule has 156 valence electrons. The Labute approximate surface area is 171 Å². The van der Waals surface area contributed by atoms with E-state index in [4.69, 9.17) is 9.47 Å². The predicted octanol–water partition coefficient (Wildman–Crippen LogP) is 6.95. The van der Waals surface area contributed by atoms with Gasteiger partial charge in [-0.25, -0.2) is 4.79 Å². The second kappa shape index (κ2) is 14.3. The van der Waals surface area contributed by atoms with Gasteiger partial charge in [-0.3, -0.25) is 0 Å². The molecule has 0 N–H and O–H groups in total. The second-order valence-corrected chi connectivity index (χ2v) is 8.01. The highest BCUT2D eigenvalue weighted by molar-refractivity contribution is 5.87. The summed E-state index contributed by atoms with van der Waals surface area (Å²) in [5.41, 5.74) is 0.981. The molecule has 3 nitrogen and oxygen atoms in total. The molecule has 0 spiro atoms. The third-order valence-corrected chi connectivity index (χ3v) is 5.22. The van der Waals surface area contributed by atoms with Crippen molar-refractivity contribution in [2.45, 2.75) is 84.0 Å². The van der Waals surface area contributed by atoms with Crippen LogP contribution in [0.25, 0.3) is 6.08 Å². The van der Waals surface area contributed by atoms with E-state index in [1.54, 1.807) is 6.08 Å². The number of ether oxygens (including phenoxy) is 2. The zero-order valence-electron chi connectivity index (χ0n) is 17.7. The number of rotatable bonds is 16. The Morgan fingerprint density at radius 3 is 2.14 bits per heavy atom. The predicted molar refractivity (Wildman–Crippen MR) is 116 cm³/mol. The summed E-state index contributed by atoms with van der Waals surface area (Å²) in [4.78, 5) is 11.6. The van der Waals surface area contributed by atoms with Gasteiger partial charge in [-0.05, 0) is 49.0 Å². The summed E-state index contributed by atoms with van der Waals surface area (Å²) in [5.74, 6) is 1.24. The monoisotopic (exact) mass is 386 g/mol. The third kappa shape index (κ3) is 11.2. The van der Waals surface area contributed by atoms with Crippen molar-refractivity contribution in [2.75, 3.05) is 13.2 Å². The van der Waals surface area contributed by atoms with Gasteiger partial charge in [0.2, 0.25) is 0 Å². The molecule has 2 rings (SSSR count). The first-order chi connectivity index (χ1) is 13.8. The van der Waals surface area contributed by atoms with Crippen molar-refractivity contribution in [2.24, 2.45) is 5.92 Å². The van der Waals surface area contributed by atoms with Crippen LogP contribution in [-0.2, 0) is 9.53 Å². The Hall–Kier alpha value is -1.77. The molecule has 1 fully saturated rings. The highest BCUT2D eigenvalue weighted by atomic mass is 16.5. The smallest absolute Gasteiger partial charge is 0.330 e. The average Bonchev–Trinajstić information content (AvgIpc) is 3.54. The standard InChI is InChI=1S/C25H38O3/c1-2-3-4-5-6-7-8-9-10-11-20-27-24-17-14-22(15-18-24)16-19-25(26)28-21-23-12-13-23/h14-19,23H,2-13,20-21H2,1H3/b19-16+. The summed E-state index contributed by atoms with van der Waals surface area (Å²) >= 11 is 0. The SMILES string of the molecule is CCCCCCCCCCCCOc1ccc(/C=C/C(=O)OCC2CC2)cc1. The largest absolute Gasteiger partial charge is 0.494 e. The maximum atomic E-state index is 11.6. The van der Waals surface area contributed by atoms with E-state index in [-0.39, 0.29) is 5.97 Å². The molecule has 0 saturated heterocycles. The van der Waals surface area contributed by atoms with Gasteiger partial charge in [0.05, 0.1) is 13.2 Å². The molecule has 0 aliphatic heterocycles. The van der Waals surface area contributed by atoms with Gasteiger partial charge in [0.15, 0.2) is 0 Å². The van der Waals surface area contributed by atoms with Crippen LogP contribution in [0.5, 0.6) is 5.75 Å². The first kappa shape index (κ1) is 22.5. The van der Waals surface area contributed by atoms with Gasteiger partial charge >= 0.3 is 5.97 Å². The second-order valence-electron chi connectivity index (χ2n) is 8.01. The van der Waals surface area contributed by atoms with Crippen molar-refractivity contribution in [3.05, 3.63) is 35.9 Å². The minimum Gasteiger partial charge on any atom is -0.494 e. The zero-order chi connectivity index (χ0) is 19.9. The van der Waals surface area contributed by atoms with E-state index in [0.29, 0.717) is 12.5 Å². The lowest BCUT2D eigenvalue weighted by Crippen LogP contribution is -2.03. The quantitative estimate of drug-likeness (QED) is 0.175. The average molecular weight is 387 g/mol. The fraction of sp³-hybridized carbons (Fsp3) is 0.640. The summed E-state index contributed by atoms with van der Waals surface area (Å²) in [5, 5.41) is 0. The number of carbonyl (C=O) groups is 1. The van der Waals surface area contributed by atoms with E-state index in [0.717, 1.165) is 24.3 Å². The Morgan fingerprint density at radius 2 is 1.54 bits per heavy atom. The summed E-state index contributed by atoms with van der Waals surface area (Å²) in [6, 6.07) is 7.87. The molecular weight excluding hydrogens is 348 g/mol. The number of unbranched alkanes of at least 4 members (excludes halogenated alkanes) is 9. The minimum absolute atomic E-state index is 0.256. The van der Waals surface area contributed by atoms with E-state index in [9.17, 15) is 4.79 Å². The Morgan fingerprint density at radius 1 is 0.929 bits per heavy atom. The van der Waals surface area contributed by atoms with Gasteiger partial charge in [0, 0.05) is 6.08 Å². The van der Waals surface area contributed by atoms with Crippen LogP contribution in [0, 0.1) is 5.92 Å². The molecule has 0 radical (unpaired) electrons. The third-order valence-electron chi connectivity index (χ3n) is 5.22. The fourth-order valence-corrected chi connectivity index (χ4v) is 3.15. The van der Waals surface area contributed by atoms with Crippen LogP contribution in [-0.4, -0.2) is 19.2 Å². The van der Waals surface area contributed by atoms with Gasteiger partial charge < -0.3 is 9.47 Å². The van der Waals surface area contributed by atoms with Crippen molar-refractivity contribution in [1.82, 2.24) is 0 Å². The Bertz CT molecular complexity index is 558. The van der Waals surface area contributed by atoms with Gasteiger partial charge in [-0.1, -0.05) is 76.8 Å². The van der Waals surface area contributed by atoms with Gasteiger partial charge in [-0.2, -0.15) is 0 Å². The molecule has 1 aromatic rings. The van der Waals surface area contributed by atoms with Crippen LogP contribution in [0.1, 0.15) is 89.5 Å². The Balaban J connectivity index is 1.47. The summed E-state index contributed by atoms with van der Waals surface area (Å²) in [6.07, 6.45) is 19.0. The summed E-state index contributed by atoms with van der Waals surface area (Å²) < 4.78 is 11.0. The maximum Gasteiger partial charge on any atom is 0.330 e. The lowest BCUT2D eigenvalue weighted by molar-refractivity contribution is -0.138. The van der Waals surface area contributed by atoms with Crippen LogP contribution < -0.4 is 4.74 Å². The summed E-state index contributed by atoms with van der Waals surface area (Å²) in [7, 11) is 0. The van der Waals surface area contributed by atoms with Crippen LogP contribution in [0.4, 0.5) is 0 Å². The first-order valence-electron chi connectivity index (χ1n) is 11.4. The minimum atomic E-state index is -0.256. The van der Waals surface area contributed by atoms with Crippen LogP contribution in [0.15, 0.2) is 30.3 Å². The Kier molecular flexibility index (Phi) is 11.5. The molecule has 0 bridgehead atoms. The lowest BCUT2D eigenvalue weighted by Gasteiger charge is -2.06. The van der Waals surface area contributed by atoms with Crippen molar-refractivity contribution in [3.63, 3.8) is 0 Å². The van der Waals surface area contributed by atoms with E-state index in [1.807, 2.05) is 24.3 Å². The van der Waals surface area contributed by atoms with E-state index >= 15 is 0 Å². The molecule has 0 aromatic heterocycles. The molecule has 0 heterocycles. The van der Waals surface area contributed by atoms with Crippen molar-refractivity contribution in [3.8, 4) is 5.75 Å². The number of esters is 1. The van der Waals surface area contributed by atoms with Crippen molar-refractivity contribution < 1.29 is 14.3 Å². The zero-order valence-corrected chi connectivity index (χ0v) is 17.7. The molecule has 0 amide bonds. The van der Waals surface area contributed by atoms with Crippen molar-refractivity contribution in [1.29, 1.82) is 0 Å². The number of hydrogen-bond acceptors (Lipinski definition) is 3. The summed E-state index contributed by atoms with van der Waals surface area (Å²) in [6.45, 7) is 3.61. The molecule has 28 heavy (non-hydrogen) atoms. The van der Waals surface area contributed by atoms with E-state index < -0.39 is 0 Å². The van der Waals surface area contributed by atoms with E-state index in [2.05, 4.69) is 6.92 Å². The van der Waals surface area contributed by atoms with Gasteiger partial charge in [0.25, 0.3) is 0 Å². The molecule has 1 saturated carbocycles. The molecule has 1 aromatic carbocycles. The number of benzene rings is 1. The number of hydrogen-bond donors (Lipinski definition) is 0. The molecule has 1 aliphatic carbocycles. The highest BCUT2D eigenvalue weighted by Gasteiger charge is 2.22. The maximum absolute atomic E-state index is 11.6. The number of carbonyl (C=O) groups excluding carboxylic acids is 1.